The van der Waals surface area contributed by atoms with Crippen molar-refractivity contribution in [3.63, 3.8) is 0 Å². The molecule has 0 fully saturated rings. The second-order valence-corrected chi connectivity index (χ2v) is 7.08. The van der Waals surface area contributed by atoms with E-state index in [1.807, 2.05) is 25.3 Å². The molecule has 31 heavy (non-hydrogen) atoms. The average molecular weight is 419 g/mol. The van der Waals surface area contributed by atoms with Gasteiger partial charge in [-0.05, 0) is 48.4 Å². The van der Waals surface area contributed by atoms with E-state index in [2.05, 4.69) is 20.6 Å². The molecule has 0 bridgehead atoms. The van der Waals surface area contributed by atoms with Crippen LogP contribution in [0.3, 0.4) is 0 Å². The number of aryl methyl sites for hydroxylation is 1. The number of benzene rings is 1. The monoisotopic (exact) mass is 419 g/mol. The third-order valence-electron chi connectivity index (χ3n) is 4.79. The van der Waals surface area contributed by atoms with E-state index in [9.17, 15) is 9.18 Å². The predicted octanol–water partition coefficient (Wildman–Crippen LogP) is 4.12. The van der Waals surface area contributed by atoms with Crippen molar-refractivity contribution in [3.05, 3.63) is 78.3 Å². The highest BCUT2D eigenvalue weighted by Crippen LogP contribution is 2.30. The van der Waals surface area contributed by atoms with Crippen LogP contribution in [0.2, 0.25) is 0 Å². The molecule has 1 N–H and O–H groups in total. The van der Waals surface area contributed by atoms with Crippen molar-refractivity contribution in [1.29, 1.82) is 0 Å². The van der Waals surface area contributed by atoms with Crippen molar-refractivity contribution in [2.24, 2.45) is 0 Å². The molecule has 1 aromatic carbocycles. The fourth-order valence-electron chi connectivity index (χ4n) is 3.26. The fourth-order valence-corrected chi connectivity index (χ4v) is 3.26. The van der Waals surface area contributed by atoms with Gasteiger partial charge in [-0.2, -0.15) is 5.10 Å². The summed E-state index contributed by atoms with van der Waals surface area (Å²) in [5.74, 6) is 0.114. The topological polar surface area (TPSA) is 85.8 Å². The quantitative estimate of drug-likeness (QED) is 0.464. The van der Waals surface area contributed by atoms with E-state index >= 15 is 0 Å². The maximum absolute atomic E-state index is 13.4. The van der Waals surface area contributed by atoms with Crippen LogP contribution in [0.15, 0.2) is 65.6 Å². The molecule has 0 unspecified atom stereocenters. The third-order valence-corrected chi connectivity index (χ3v) is 4.79. The normalized spacial score (nSPS) is 10.9. The van der Waals surface area contributed by atoms with Crippen LogP contribution in [0.1, 0.15) is 29.6 Å². The van der Waals surface area contributed by atoms with Crippen LogP contribution in [0.4, 0.5) is 4.39 Å². The zero-order valence-electron chi connectivity index (χ0n) is 17.1. The lowest BCUT2D eigenvalue weighted by atomic mass is 10.0. The first-order valence-electron chi connectivity index (χ1n) is 10.1. The smallest absolute Gasteiger partial charge is 0.273 e. The molecular formula is C23H22FN5O2. The lowest BCUT2D eigenvalue weighted by Gasteiger charge is -2.03. The molecule has 0 spiro atoms. The van der Waals surface area contributed by atoms with Gasteiger partial charge < -0.3 is 9.84 Å². The molecule has 0 aliphatic rings. The summed E-state index contributed by atoms with van der Waals surface area (Å²) in [7, 11) is 0. The second kappa shape index (κ2) is 9.34. The largest absolute Gasteiger partial charge is 0.361 e. The maximum atomic E-state index is 13.4. The number of aromatic nitrogens is 4. The summed E-state index contributed by atoms with van der Waals surface area (Å²) in [6.45, 7) is 2.87. The van der Waals surface area contributed by atoms with Gasteiger partial charge in [0.15, 0.2) is 5.69 Å². The zero-order valence-corrected chi connectivity index (χ0v) is 17.1. The molecule has 4 aromatic rings. The van der Waals surface area contributed by atoms with Crippen molar-refractivity contribution >= 4 is 5.91 Å². The first-order chi connectivity index (χ1) is 15.1. The number of hydrogen-bond acceptors (Lipinski definition) is 5. The molecule has 0 saturated carbocycles. The van der Waals surface area contributed by atoms with Crippen molar-refractivity contribution in [2.45, 2.75) is 26.3 Å². The van der Waals surface area contributed by atoms with Crippen molar-refractivity contribution in [2.75, 3.05) is 6.54 Å². The number of halogens is 1. The molecular weight excluding hydrogens is 397 g/mol. The Morgan fingerprint density at radius 2 is 1.90 bits per heavy atom. The molecule has 0 atom stereocenters. The third kappa shape index (κ3) is 4.85. The van der Waals surface area contributed by atoms with Gasteiger partial charge in [-0.3, -0.25) is 14.5 Å². The average Bonchev–Trinajstić information content (AvgIpc) is 3.43. The van der Waals surface area contributed by atoms with E-state index < -0.39 is 0 Å². The standard InChI is InChI=1S/C23H22FN5O2/c1-2-3-19-14-21(28-31-19)23(30)26-12-13-29-15-20(16-8-10-25-11-9-16)22(27-29)17-4-6-18(24)7-5-17/h4-11,14-15H,2-3,12-13H2,1H3,(H,26,30). The summed E-state index contributed by atoms with van der Waals surface area (Å²) < 4.78 is 20.3. The summed E-state index contributed by atoms with van der Waals surface area (Å²) in [5.41, 5.74) is 3.67. The Kier molecular flexibility index (Phi) is 6.16. The molecule has 158 valence electrons. The Labute approximate surface area is 178 Å². The summed E-state index contributed by atoms with van der Waals surface area (Å²) >= 11 is 0. The van der Waals surface area contributed by atoms with Crippen LogP contribution in [-0.2, 0) is 13.0 Å². The molecule has 8 heteroatoms. The molecule has 0 radical (unpaired) electrons. The van der Waals surface area contributed by atoms with Crippen LogP contribution in [0, 0.1) is 5.82 Å². The number of nitrogens with one attached hydrogen (secondary N) is 1. The molecule has 1 amide bonds. The highest BCUT2D eigenvalue weighted by molar-refractivity contribution is 5.92. The first-order valence-corrected chi connectivity index (χ1v) is 10.1. The van der Waals surface area contributed by atoms with Gasteiger partial charge in [-0.25, -0.2) is 4.39 Å². The Morgan fingerprint density at radius 1 is 1.13 bits per heavy atom. The molecule has 3 heterocycles. The number of carbonyl (C=O) groups is 1. The number of carbonyl (C=O) groups excluding carboxylic acids is 1. The highest BCUT2D eigenvalue weighted by Gasteiger charge is 2.15. The van der Waals surface area contributed by atoms with E-state index in [-0.39, 0.29) is 17.4 Å². The van der Waals surface area contributed by atoms with Gasteiger partial charge >= 0.3 is 0 Å². The van der Waals surface area contributed by atoms with Gasteiger partial charge in [0.05, 0.1) is 6.54 Å². The van der Waals surface area contributed by atoms with Crippen molar-refractivity contribution in [3.8, 4) is 22.4 Å². The molecule has 3 aromatic heterocycles. The molecule has 0 aliphatic heterocycles. The van der Waals surface area contributed by atoms with E-state index in [0.717, 1.165) is 35.2 Å². The van der Waals surface area contributed by atoms with Gasteiger partial charge in [-0.15, -0.1) is 0 Å². The minimum absolute atomic E-state index is 0.272. The van der Waals surface area contributed by atoms with Gasteiger partial charge in [0.2, 0.25) is 0 Å². The van der Waals surface area contributed by atoms with Gasteiger partial charge in [0, 0.05) is 48.7 Å². The van der Waals surface area contributed by atoms with Crippen LogP contribution < -0.4 is 5.32 Å². The SMILES string of the molecule is CCCc1cc(C(=O)NCCn2cc(-c3ccncc3)c(-c3ccc(F)cc3)n2)no1. The molecule has 4 rings (SSSR count). The van der Waals surface area contributed by atoms with Crippen LogP contribution in [0.5, 0.6) is 0 Å². The van der Waals surface area contributed by atoms with Gasteiger partial charge in [0.25, 0.3) is 5.91 Å². The zero-order chi connectivity index (χ0) is 21.6. The van der Waals surface area contributed by atoms with E-state index in [4.69, 9.17) is 4.52 Å². The number of pyridine rings is 1. The van der Waals surface area contributed by atoms with Crippen LogP contribution in [0.25, 0.3) is 22.4 Å². The minimum Gasteiger partial charge on any atom is -0.361 e. The Hall–Kier alpha value is -3.81. The summed E-state index contributed by atoms with van der Waals surface area (Å²) in [5, 5.41) is 11.3. The Balaban J connectivity index is 1.49. The highest BCUT2D eigenvalue weighted by atomic mass is 19.1. The number of nitrogens with zero attached hydrogens (tertiary/aromatic N) is 4. The number of rotatable bonds is 8. The maximum Gasteiger partial charge on any atom is 0.273 e. The predicted molar refractivity (Wildman–Crippen MR) is 114 cm³/mol. The molecule has 0 aliphatic carbocycles. The Bertz CT molecular complexity index is 1150. The molecule has 7 nitrogen and oxygen atoms in total. The first kappa shape index (κ1) is 20.5. The second-order valence-electron chi connectivity index (χ2n) is 7.08. The van der Waals surface area contributed by atoms with Gasteiger partial charge in [0.1, 0.15) is 17.3 Å². The van der Waals surface area contributed by atoms with E-state index in [1.165, 1.54) is 12.1 Å². The lowest BCUT2D eigenvalue weighted by molar-refractivity contribution is 0.0943. The van der Waals surface area contributed by atoms with Crippen LogP contribution in [-0.4, -0.2) is 32.4 Å². The van der Waals surface area contributed by atoms with Crippen LogP contribution >= 0.6 is 0 Å². The van der Waals surface area contributed by atoms with E-state index in [0.29, 0.717) is 18.8 Å². The van der Waals surface area contributed by atoms with Gasteiger partial charge in [-0.1, -0.05) is 12.1 Å². The summed E-state index contributed by atoms with van der Waals surface area (Å²) in [4.78, 5) is 16.4. The van der Waals surface area contributed by atoms with Crippen molar-refractivity contribution < 1.29 is 13.7 Å². The number of amides is 1. The lowest BCUT2D eigenvalue weighted by Crippen LogP contribution is -2.27. The summed E-state index contributed by atoms with van der Waals surface area (Å²) in [6, 6.07) is 11.7. The van der Waals surface area contributed by atoms with E-state index in [1.54, 1.807) is 35.3 Å². The fraction of sp³-hybridized carbons (Fsp3) is 0.217. The minimum atomic E-state index is -0.300. The number of hydrogen-bond donors (Lipinski definition) is 1. The summed E-state index contributed by atoms with van der Waals surface area (Å²) in [6.07, 6.45) is 7.01. The van der Waals surface area contributed by atoms with Crippen molar-refractivity contribution in [1.82, 2.24) is 25.2 Å². The molecule has 0 saturated heterocycles. The Morgan fingerprint density at radius 3 is 2.65 bits per heavy atom.